The van der Waals surface area contributed by atoms with E-state index in [9.17, 15) is 30.3 Å². The summed E-state index contributed by atoms with van der Waals surface area (Å²) in [4.78, 5) is 31.4. The van der Waals surface area contributed by atoms with Crippen molar-refractivity contribution < 1.29 is 19.3 Å². The van der Waals surface area contributed by atoms with Gasteiger partial charge in [-0.3, -0.25) is 35.8 Å². The number of aryl methyl sites for hydroxylation is 2. The van der Waals surface area contributed by atoms with Crippen LogP contribution in [0.3, 0.4) is 0 Å². The number of rotatable bonds is 8. The van der Waals surface area contributed by atoms with Gasteiger partial charge in [0.2, 0.25) is 0 Å². The zero-order chi connectivity index (χ0) is 24.1. The van der Waals surface area contributed by atoms with Crippen LogP contribution in [0.4, 0.5) is 22.7 Å². The van der Waals surface area contributed by atoms with E-state index >= 15 is 0 Å². The minimum Gasteiger partial charge on any atom is -0.271 e. The molecule has 0 radical (unpaired) electrons. The minimum atomic E-state index is -0.741. The molecule has 1 heterocycles. The molecule has 12 heteroatoms. The summed E-state index contributed by atoms with van der Waals surface area (Å²) in [6.07, 6.45) is 3.78. The third-order valence-corrected chi connectivity index (χ3v) is 4.64. The Bertz CT molecular complexity index is 1250. The SMILES string of the molecule is Cc1cc(C)c[n+](C/C(=N\Nc2ccc([N+](=O)[O-])cc2[N+](=O)[O-])c2ccc([N+](=O)[O-])cc2)c1. The van der Waals surface area contributed by atoms with Crippen LogP contribution in [0.1, 0.15) is 16.7 Å². The number of nitro benzene ring substituents is 3. The summed E-state index contributed by atoms with van der Waals surface area (Å²) >= 11 is 0. The molecule has 0 amide bonds. The average molecular weight is 451 g/mol. The first-order valence-corrected chi connectivity index (χ1v) is 9.61. The van der Waals surface area contributed by atoms with Crippen molar-refractivity contribution in [3.05, 3.63) is 108 Å². The number of hydrazone groups is 1. The number of hydrogen-bond acceptors (Lipinski definition) is 8. The second-order valence-electron chi connectivity index (χ2n) is 7.25. The molecule has 1 N–H and O–H groups in total. The second-order valence-corrected chi connectivity index (χ2v) is 7.25. The van der Waals surface area contributed by atoms with E-state index in [-0.39, 0.29) is 17.9 Å². The largest absolute Gasteiger partial charge is 0.301 e. The second kappa shape index (κ2) is 9.60. The molecule has 0 saturated carbocycles. The number of anilines is 1. The highest BCUT2D eigenvalue weighted by molar-refractivity contribution is 6.00. The fourth-order valence-electron chi connectivity index (χ4n) is 3.23. The van der Waals surface area contributed by atoms with Gasteiger partial charge in [-0.25, -0.2) is 0 Å². The predicted molar refractivity (Wildman–Crippen MR) is 119 cm³/mol. The molecule has 0 aliphatic rings. The molecule has 2 aromatic carbocycles. The molecule has 3 aromatic rings. The summed E-state index contributed by atoms with van der Waals surface area (Å²) in [5, 5.41) is 37.7. The van der Waals surface area contributed by atoms with Crippen molar-refractivity contribution in [2.45, 2.75) is 20.4 Å². The smallest absolute Gasteiger partial charge is 0.271 e. The third kappa shape index (κ3) is 5.70. The van der Waals surface area contributed by atoms with Gasteiger partial charge in [0.05, 0.1) is 20.8 Å². The molecule has 0 aliphatic carbocycles. The van der Waals surface area contributed by atoms with E-state index in [0.29, 0.717) is 11.3 Å². The Morgan fingerprint density at radius 1 is 0.848 bits per heavy atom. The fraction of sp³-hybridized carbons (Fsp3) is 0.143. The van der Waals surface area contributed by atoms with Crippen molar-refractivity contribution >= 4 is 28.5 Å². The Morgan fingerprint density at radius 2 is 1.42 bits per heavy atom. The van der Waals surface area contributed by atoms with Crippen LogP contribution in [0, 0.1) is 44.2 Å². The number of non-ortho nitro benzene ring substituents is 2. The number of pyridine rings is 1. The summed E-state index contributed by atoms with van der Waals surface area (Å²) < 4.78 is 1.87. The zero-order valence-corrected chi connectivity index (χ0v) is 17.7. The van der Waals surface area contributed by atoms with Gasteiger partial charge in [-0.05, 0) is 38.1 Å². The van der Waals surface area contributed by atoms with Crippen molar-refractivity contribution in [3.8, 4) is 0 Å². The molecule has 0 saturated heterocycles. The highest BCUT2D eigenvalue weighted by atomic mass is 16.6. The van der Waals surface area contributed by atoms with Gasteiger partial charge < -0.3 is 0 Å². The number of nitrogens with zero attached hydrogens (tertiary/aromatic N) is 5. The molecule has 0 aliphatic heterocycles. The van der Waals surface area contributed by atoms with Crippen molar-refractivity contribution in [1.29, 1.82) is 0 Å². The Labute approximate surface area is 187 Å². The summed E-state index contributed by atoms with van der Waals surface area (Å²) in [5.41, 5.74) is 4.60. The molecular weight excluding hydrogens is 432 g/mol. The van der Waals surface area contributed by atoms with Gasteiger partial charge in [0.1, 0.15) is 11.4 Å². The highest BCUT2D eigenvalue weighted by Gasteiger charge is 2.20. The van der Waals surface area contributed by atoms with Gasteiger partial charge in [-0.2, -0.15) is 9.67 Å². The fourth-order valence-corrected chi connectivity index (χ4v) is 3.23. The molecule has 0 atom stereocenters. The lowest BCUT2D eigenvalue weighted by molar-refractivity contribution is -0.682. The lowest BCUT2D eigenvalue weighted by atomic mass is 10.1. The maximum atomic E-state index is 11.4. The van der Waals surface area contributed by atoms with Crippen LogP contribution in [0.25, 0.3) is 0 Å². The summed E-state index contributed by atoms with van der Waals surface area (Å²) in [6, 6.07) is 10.9. The molecular formula is C21H19N6O6+. The van der Waals surface area contributed by atoms with Crippen LogP contribution in [-0.2, 0) is 6.54 Å². The van der Waals surface area contributed by atoms with Gasteiger partial charge in [-0.15, -0.1) is 0 Å². The Hall–Kier alpha value is -4.74. The Balaban J connectivity index is 2.02. The van der Waals surface area contributed by atoms with Crippen LogP contribution >= 0.6 is 0 Å². The summed E-state index contributed by atoms with van der Waals surface area (Å²) in [5.74, 6) is 0. The number of hydrogen-bond donors (Lipinski definition) is 1. The van der Waals surface area contributed by atoms with Crippen molar-refractivity contribution in [2.75, 3.05) is 5.43 Å². The molecule has 1 aromatic heterocycles. The number of nitrogens with one attached hydrogen (secondary N) is 1. The van der Waals surface area contributed by atoms with Gasteiger partial charge in [-0.1, -0.05) is 0 Å². The topological polar surface area (TPSA) is 158 Å². The third-order valence-electron chi connectivity index (χ3n) is 4.64. The van der Waals surface area contributed by atoms with Crippen molar-refractivity contribution in [1.82, 2.24) is 0 Å². The normalized spacial score (nSPS) is 11.2. The van der Waals surface area contributed by atoms with Crippen LogP contribution in [0.5, 0.6) is 0 Å². The lowest BCUT2D eigenvalue weighted by Crippen LogP contribution is -2.38. The van der Waals surface area contributed by atoms with Crippen molar-refractivity contribution in [2.24, 2.45) is 5.10 Å². The predicted octanol–water partition coefficient (Wildman–Crippen LogP) is 3.83. The van der Waals surface area contributed by atoms with Gasteiger partial charge in [0.25, 0.3) is 11.4 Å². The maximum Gasteiger partial charge on any atom is 0.301 e. The standard InChI is InChI=1S/C21H19N6O6/c1-14-9-15(2)12-24(11-14)13-20(16-3-5-17(6-4-16)25(28)29)23-22-19-8-7-18(26(30)31)10-21(19)27(32)33/h3-12,22H,13H2,1-2H3/q+1/b23-20+. The maximum absolute atomic E-state index is 11.4. The molecule has 33 heavy (non-hydrogen) atoms. The molecule has 0 unspecified atom stereocenters. The van der Waals surface area contributed by atoms with Crippen LogP contribution in [0.2, 0.25) is 0 Å². The number of nitro groups is 3. The molecule has 0 spiro atoms. The molecule has 3 rings (SSSR count). The Kier molecular flexibility index (Phi) is 6.67. The molecule has 12 nitrogen and oxygen atoms in total. The van der Waals surface area contributed by atoms with E-state index in [0.717, 1.165) is 23.3 Å². The molecule has 0 fully saturated rings. The first-order valence-electron chi connectivity index (χ1n) is 9.61. The monoisotopic (exact) mass is 451 g/mol. The van der Waals surface area contributed by atoms with E-state index in [1.807, 2.05) is 36.9 Å². The van der Waals surface area contributed by atoms with E-state index in [1.54, 1.807) is 0 Å². The van der Waals surface area contributed by atoms with Crippen LogP contribution < -0.4 is 9.99 Å². The average Bonchev–Trinajstić information content (AvgIpc) is 2.75. The van der Waals surface area contributed by atoms with E-state index in [1.165, 1.54) is 30.3 Å². The summed E-state index contributed by atoms with van der Waals surface area (Å²) in [7, 11) is 0. The first-order chi connectivity index (χ1) is 15.6. The Morgan fingerprint density at radius 3 is 1.97 bits per heavy atom. The summed E-state index contributed by atoms with van der Waals surface area (Å²) in [6.45, 7) is 4.13. The zero-order valence-electron chi connectivity index (χ0n) is 17.7. The van der Waals surface area contributed by atoms with Crippen LogP contribution in [0.15, 0.2) is 66.0 Å². The quantitative estimate of drug-likeness (QED) is 0.236. The minimum absolute atomic E-state index is 0.0320. The van der Waals surface area contributed by atoms with Gasteiger partial charge in [0.15, 0.2) is 18.9 Å². The van der Waals surface area contributed by atoms with Crippen molar-refractivity contribution in [3.63, 3.8) is 0 Å². The van der Waals surface area contributed by atoms with E-state index in [4.69, 9.17) is 0 Å². The lowest BCUT2D eigenvalue weighted by Gasteiger charge is -2.07. The molecule has 0 bridgehead atoms. The number of aromatic nitrogens is 1. The van der Waals surface area contributed by atoms with E-state index in [2.05, 4.69) is 10.5 Å². The number of benzene rings is 2. The highest BCUT2D eigenvalue weighted by Crippen LogP contribution is 2.29. The van der Waals surface area contributed by atoms with Crippen LogP contribution in [-0.4, -0.2) is 20.5 Å². The molecule has 168 valence electrons. The van der Waals surface area contributed by atoms with E-state index < -0.39 is 26.1 Å². The first kappa shape index (κ1) is 22.9. The van der Waals surface area contributed by atoms with Gasteiger partial charge >= 0.3 is 5.69 Å². The van der Waals surface area contributed by atoms with Gasteiger partial charge in [0, 0.05) is 34.9 Å².